The lowest BCUT2D eigenvalue weighted by Crippen LogP contribution is -2.40. The van der Waals surface area contributed by atoms with Crippen molar-refractivity contribution in [2.75, 3.05) is 24.7 Å². The Kier molecular flexibility index (Phi) is 6.87. The summed E-state index contributed by atoms with van der Waals surface area (Å²) in [4.78, 5) is 16.1. The molecule has 0 aliphatic carbocycles. The van der Waals surface area contributed by atoms with E-state index in [1.807, 2.05) is 48.7 Å². The molecule has 2 aromatic rings. The molecule has 3 nitrogen and oxygen atoms in total. The standard InChI is InChI=1S/C20H22Cl2N2OS/c1-26-16-7-2-6-15(11-16)23-20(25)14-5-4-10-24(12-14)13-17-18(21)8-3-9-19(17)22/h2-3,6-9,11,14H,4-5,10,12-13H2,1H3,(H,23,25). The third-order valence-electron chi connectivity index (χ3n) is 4.66. The van der Waals surface area contributed by atoms with Crippen molar-refractivity contribution in [3.63, 3.8) is 0 Å². The predicted octanol–water partition coefficient (Wildman–Crippen LogP) is 5.57. The van der Waals surface area contributed by atoms with Gasteiger partial charge in [0.05, 0.1) is 5.92 Å². The second-order valence-corrected chi connectivity index (χ2v) is 8.19. The van der Waals surface area contributed by atoms with Crippen molar-refractivity contribution >= 4 is 46.6 Å². The van der Waals surface area contributed by atoms with E-state index in [-0.39, 0.29) is 11.8 Å². The van der Waals surface area contributed by atoms with E-state index in [9.17, 15) is 4.79 Å². The first-order valence-corrected chi connectivity index (χ1v) is 10.6. The molecule has 0 aromatic heterocycles. The van der Waals surface area contributed by atoms with Gasteiger partial charge in [-0.2, -0.15) is 0 Å². The lowest BCUT2D eigenvalue weighted by Gasteiger charge is -2.32. The third kappa shape index (κ3) is 4.95. The van der Waals surface area contributed by atoms with Crippen LogP contribution in [0.4, 0.5) is 5.69 Å². The van der Waals surface area contributed by atoms with E-state index >= 15 is 0 Å². The van der Waals surface area contributed by atoms with Crippen molar-refractivity contribution in [2.24, 2.45) is 5.92 Å². The molecule has 1 aliphatic heterocycles. The zero-order valence-electron chi connectivity index (χ0n) is 14.7. The highest BCUT2D eigenvalue weighted by Crippen LogP contribution is 2.28. The number of thioether (sulfide) groups is 1. The molecule has 1 fully saturated rings. The molecule has 26 heavy (non-hydrogen) atoms. The van der Waals surface area contributed by atoms with E-state index in [4.69, 9.17) is 23.2 Å². The van der Waals surface area contributed by atoms with Gasteiger partial charge in [0.15, 0.2) is 0 Å². The van der Waals surface area contributed by atoms with E-state index in [2.05, 4.69) is 10.2 Å². The number of amides is 1. The number of piperidine rings is 1. The summed E-state index contributed by atoms with van der Waals surface area (Å²) in [7, 11) is 0. The van der Waals surface area contributed by atoms with Crippen LogP contribution in [-0.2, 0) is 11.3 Å². The fraction of sp³-hybridized carbons (Fsp3) is 0.350. The SMILES string of the molecule is CSc1cccc(NC(=O)C2CCCN(Cc3c(Cl)cccc3Cl)C2)c1. The Bertz CT molecular complexity index is 764. The zero-order chi connectivity index (χ0) is 18.5. The van der Waals surface area contributed by atoms with Gasteiger partial charge in [0.2, 0.25) is 5.91 Å². The van der Waals surface area contributed by atoms with E-state index in [1.54, 1.807) is 11.8 Å². The van der Waals surface area contributed by atoms with Gasteiger partial charge in [0, 0.05) is 39.3 Å². The molecule has 0 saturated carbocycles. The minimum absolute atomic E-state index is 0.0250. The van der Waals surface area contributed by atoms with Crippen molar-refractivity contribution in [2.45, 2.75) is 24.3 Å². The Labute approximate surface area is 169 Å². The summed E-state index contributed by atoms with van der Waals surface area (Å²) < 4.78 is 0. The molecule has 1 N–H and O–H groups in total. The first-order valence-electron chi connectivity index (χ1n) is 8.67. The highest BCUT2D eigenvalue weighted by atomic mass is 35.5. The Morgan fingerprint density at radius 3 is 2.69 bits per heavy atom. The lowest BCUT2D eigenvalue weighted by atomic mass is 9.96. The molecule has 2 aromatic carbocycles. The van der Waals surface area contributed by atoms with Gasteiger partial charge < -0.3 is 5.32 Å². The molecule has 138 valence electrons. The van der Waals surface area contributed by atoms with Crippen molar-refractivity contribution in [3.05, 3.63) is 58.1 Å². The Balaban J connectivity index is 1.63. The van der Waals surface area contributed by atoms with Crippen LogP contribution in [-0.4, -0.2) is 30.2 Å². The molecule has 0 radical (unpaired) electrons. The lowest BCUT2D eigenvalue weighted by molar-refractivity contribution is -0.121. The van der Waals surface area contributed by atoms with Gasteiger partial charge in [-0.1, -0.05) is 35.3 Å². The molecule has 1 saturated heterocycles. The average Bonchev–Trinajstić information content (AvgIpc) is 2.65. The summed E-state index contributed by atoms with van der Waals surface area (Å²) in [5.74, 6) is 0.0566. The fourth-order valence-electron chi connectivity index (χ4n) is 3.27. The normalized spacial score (nSPS) is 17.9. The van der Waals surface area contributed by atoms with E-state index < -0.39 is 0 Å². The van der Waals surface area contributed by atoms with Gasteiger partial charge in [0.25, 0.3) is 0 Å². The van der Waals surface area contributed by atoms with Crippen molar-refractivity contribution in [1.29, 1.82) is 0 Å². The van der Waals surface area contributed by atoms with Crippen LogP contribution < -0.4 is 5.32 Å². The van der Waals surface area contributed by atoms with Crippen molar-refractivity contribution in [1.82, 2.24) is 4.90 Å². The maximum absolute atomic E-state index is 12.7. The highest BCUT2D eigenvalue weighted by Gasteiger charge is 2.26. The molecular formula is C20H22Cl2N2OS. The first-order chi connectivity index (χ1) is 12.6. The highest BCUT2D eigenvalue weighted by molar-refractivity contribution is 7.98. The number of nitrogens with one attached hydrogen (secondary N) is 1. The summed E-state index contributed by atoms with van der Waals surface area (Å²) in [6.07, 6.45) is 3.92. The largest absolute Gasteiger partial charge is 0.326 e. The third-order valence-corrected chi connectivity index (χ3v) is 6.09. The van der Waals surface area contributed by atoms with Crippen LogP contribution >= 0.6 is 35.0 Å². The molecule has 6 heteroatoms. The Morgan fingerprint density at radius 2 is 1.96 bits per heavy atom. The van der Waals surface area contributed by atoms with Crippen LogP contribution in [0.2, 0.25) is 10.0 Å². The number of benzene rings is 2. The maximum Gasteiger partial charge on any atom is 0.228 e. The van der Waals surface area contributed by atoms with Crippen LogP contribution in [0.5, 0.6) is 0 Å². The summed E-state index contributed by atoms with van der Waals surface area (Å²) in [6.45, 7) is 2.34. The molecular weight excluding hydrogens is 387 g/mol. The second-order valence-electron chi connectivity index (χ2n) is 6.50. The van der Waals surface area contributed by atoms with Crippen LogP contribution in [0.1, 0.15) is 18.4 Å². The summed E-state index contributed by atoms with van der Waals surface area (Å²) in [5, 5.41) is 4.42. The van der Waals surface area contributed by atoms with Gasteiger partial charge in [-0.15, -0.1) is 11.8 Å². The molecule has 1 aliphatic rings. The Hall–Kier alpha value is -1.20. The Morgan fingerprint density at radius 1 is 1.23 bits per heavy atom. The molecule has 1 unspecified atom stereocenters. The molecule has 0 bridgehead atoms. The van der Waals surface area contributed by atoms with Gasteiger partial charge in [0.1, 0.15) is 0 Å². The minimum atomic E-state index is -0.0250. The van der Waals surface area contributed by atoms with E-state index in [0.29, 0.717) is 16.6 Å². The van der Waals surface area contributed by atoms with E-state index in [0.717, 1.165) is 42.1 Å². The number of hydrogen-bond acceptors (Lipinski definition) is 3. The number of nitrogens with zero attached hydrogens (tertiary/aromatic N) is 1. The summed E-state index contributed by atoms with van der Waals surface area (Å²) in [5.41, 5.74) is 1.79. The quantitative estimate of drug-likeness (QED) is 0.656. The molecule has 1 amide bonds. The minimum Gasteiger partial charge on any atom is -0.326 e. The van der Waals surface area contributed by atoms with Gasteiger partial charge >= 0.3 is 0 Å². The fourth-order valence-corrected chi connectivity index (χ4v) is 4.24. The number of anilines is 1. The van der Waals surface area contributed by atoms with E-state index in [1.165, 1.54) is 0 Å². The molecule has 0 spiro atoms. The number of carbonyl (C=O) groups excluding carboxylic acids is 1. The number of halogens is 2. The van der Waals surface area contributed by atoms with Crippen LogP contribution in [0, 0.1) is 5.92 Å². The van der Waals surface area contributed by atoms with Crippen molar-refractivity contribution < 1.29 is 4.79 Å². The second kappa shape index (κ2) is 9.14. The number of likely N-dealkylation sites (tertiary alicyclic amines) is 1. The van der Waals surface area contributed by atoms with Crippen LogP contribution in [0.3, 0.4) is 0 Å². The maximum atomic E-state index is 12.7. The predicted molar refractivity (Wildman–Crippen MR) is 111 cm³/mol. The monoisotopic (exact) mass is 408 g/mol. The summed E-state index contributed by atoms with van der Waals surface area (Å²) >= 11 is 14.2. The van der Waals surface area contributed by atoms with Crippen molar-refractivity contribution in [3.8, 4) is 0 Å². The smallest absolute Gasteiger partial charge is 0.228 e. The molecule has 1 atom stereocenters. The number of rotatable bonds is 5. The number of hydrogen-bond donors (Lipinski definition) is 1. The molecule has 1 heterocycles. The van der Waals surface area contributed by atoms with Gasteiger partial charge in [-0.25, -0.2) is 0 Å². The molecule has 3 rings (SSSR count). The van der Waals surface area contributed by atoms with Gasteiger partial charge in [-0.05, 0) is 56.0 Å². The average molecular weight is 409 g/mol. The topological polar surface area (TPSA) is 32.3 Å². The first kappa shape index (κ1) is 19.6. The van der Waals surface area contributed by atoms with Crippen LogP contribution in [0.15, 0.2) is 47.4 Å². The summed E-state index contributed by atoms with van der Waals surface area (Å²) in [6, 6.07) is 13.5. The zero-order valence-corrected chi connectivity index (χ0v) is 17.0. The van der Waals surface area contributed by atoms with Crippen LogP contribution in [0.25, 0.3) is 0 Å². The van der Waals surface area contributed by atoms with Gasteiger partial charge in [-0.3, -0.25) is 9.69 Å². The number of carbonyl (C=O) groups is 1.